The van der Waals surface area contributed by atoms with Crippen LogP contribution in [0.25, 0.3) is 0 Å². The van der Waals surface area contributed by atoms with Crippen molar-refractivity contribution in [3.05, 3.63) is 47.8 Å². The number of imidazole rings is 1. The molecule has 0 saturated carbocycles. The highest BCUT2D eigenvalue weighted by atomic mass is 16.1. The number of likely N-dealkylation sites (tertiary alicyclic amines) is 1. The van der Waals surface area contributed by atoms with E-state index in [0.29, 0.717) is 18.0 Å². The first kappa shape index (κ1) is 16.6. The van der Waals surface area contributed by atoms with Crippen LogP contribution in [-0.2, 0) is 13.1 Å². The van der Waals surface area contributed by atoms with Crippen molar-refractivity contribution in [3.63, 3.8) is 0 Å². The number of aryl methyl sites for hydroxylation is 2. The van der Waals surface area contributed by atoms with E-state index in [2.05, 4.69) is 31.7 Å². The number of nitrogens with zero attached hydrogens (tertiary/aromatic N) is 4. The van der Waals surface area contributed by atoms with E-state index in [9.17, 15) is 4.79 Å². The Hall–Kier alpha value is -2.21. The Bertz CT molecular complexity index is 679. The van der Waals surface area contributed by atoms with Gasteiger partial charge in [-0.1, -0.05) is 0 Å². The van der Waals surface area contributed by atoms with Gasteiger partial charge in [-0.25, -0.2) is 4.98 Å². The van der Waals surface area contributed by atoms with Gasteiger partial charge in [0.1, 0.15) is 5.82 Å². The first-order valence-electron chi connectivity index (χ1n) is 8.59. The number of hydrogen-bond acceptors (Lipinski definition) is 4. The second kappa shape index (κ2) is 7.57. The van der Waals surface area contributed by atoms with Crippen LogP contribution in [0, 0.1) is 12.8 Å². The Morgan fingerprint density at radius 2 is 2.25 bits per heavy atom. The SMILES string of the molecule is CCn1ccnc1CN1CC[C@H](CNC(=O)c2ccc(C)nc2)C1. The van der Waals surface area contributed by atoms with Crippen molar-refractivity contribution >= 4 is 5.91 Å². The third-order valence-electron chi connectivity index (χ3n) is 4.60. The first-order chi connectivity index (χ1) is 11.7. The molecule has 24 heavy (non-hydrogen) atoms. The maximum Gasteiger partial charge on any atom is 0.252 e. The van der Waals surface area contributed by atoms with E-state index >= 15 is 0 Å². The van der Waals surface area contributed by atoms with Crippen LogP contribution in [0.3, 0.4) is 0 Å². The van der Waals surface area contributed by atoms with Gasteiger partial charge in [-0.05, 0) is 44.9 Å². The van der Waals surface area contributed by atoms with E-state index in [-0.39, 0.29) is 5.91 Å². The number of carbonyl (C=O) groups excluding carboxylic acids is 1. The molecule has 6 heteroatoms. The second-order valence-electron chi connectivity index (χ2n) is 6.42. The van der Waals surface area contributed by atoms with Crippen molar-refractivity contribution in [3.8, 4) is 0 Å². The minimum Gasteiger partial charge on any atom is -0.352 e. The van der Waals surface area contributed by atoms with Crippen molar-refractivity contribution in [1.82, 2.24) is 24.8 Å². The summed E-state index contributed by atoms with van der Waals surface area (Å²) in [6, 6.07) is 3.69. The summed E-state index contributed by atoms with van der Waals surface area (Å²) in [5.74, 6) is 1.58. The fourth-order valence-corrected chi connectivity index (χ4v) is 3.14. The summed E-state index contributed by atoms with van der Waals surface area (Å²) in [5.41, 5.74) is 1.55. The van der Waals surface area contributed by atoms with Crippen LogP contribution in [0.2, 0.25) is 0 Å². The van der Waals surface area contributed by atoms with E-state index in [1.165, 1.54) is 0 Å². The molecule has 1 atom stereocenters. The maximum atomic E-state index is 12.2. The summed E-state index contributed by atoms with van der Waals surface area (Å²) in [6.45, 7) is 8.66. The van der Waals surface area contributed by atoms with Gasteiger partial charge in [-0.3, -0.25) is 14.7 Å². The van der Waals surface area contributed by atoms with Gasteiger partial charge in [-0.2, -0.15) is 0 Å². The van der Waals surface area contributed by atoms with Gasteiger partial charge in [0, 0.05) is 43.9 Å². The molecule has 1 aliphatic rings. The number of aromatic nitrogens is 3. The average molecular weight is 327 g/mol. The summed E-state index contributed by atoms with van der Waals surface area (Å²) in [6.07, 6.45) is 6.64. The smallest absolute Gasteiger partial charge is 0.252 e. The minimum absolute atomic E-state index is 0.0394. The zero-order valence-corrected chi connectivity index (χ0v) is 14.4. The molecule has 0 unspecified atom stereocenters. The Labute approximate surface area is 142 Å². The molecule has 3 rings (SSSR count). The van der Waals surface area contributed by atoms with Gasteiger partial charge in [-0.15, -0.1) is 0 Å². The molecule has 1 amide bonds. The normalized spacial score (nSPS) is 18.0. The van der Waals surface area contributed by atoms with Crippen molar-refractivity contribution < 1.29 is 4.79 Å². The largest absolute Gasteiger partial charge is 0.352 e. The molecule has 1 N–H and O–H groups in total. The van der Waals surface area contributed by atoms with Crippen LogP contribution < -0.4 is 5.32 Å². The highest BCUT2D eigenvalue weighted by Crippen LogP contribution is 2.17. The zero-order chi connectivity index (χ0) is 16.9. The van der Waals surface area contributed by atoms with Crippen LogP contribution >= 0.6 is 0 Å². The molecule has 0 radical (unpaired) electrons. The van der Waals surface area contributed by atoms with Crippen LogP contribution in [0.4, 0.5) is 0 Å². The third kappa shape index (κ3) is 4.00. The van der Waals surface area contributed by atoms with Gasteiger partial charge >= 0.3 is 0 Å². The van der Waals surface area contributed by atoms with Gasteiger partial charge in [0.2, 0.25) is 0 Å². The topological polar surface area (TPSA) is 63.1 Å². The van der Waals surface area contributed by atoms with Gasteiger partial charge in [0.05, 0.1) is 12.1 Å². The van der Waals surface area contributed by atoms with Gasteiger partial charge < -0.3 is 9.88 Å². The lowest BCUT2D eigenvalue weighted by molar-refractivity contribution is 0.0947. The van der Waals surface area contributed by atoms with Crippen LogP contribution in [0.15, 0.2) is 30.7 Å². The Morgan fingerprint density at radius 3 is 3.00 bits per heavy atom. The summed E-state index contributed by atoms with van der Waals surface area (Å²) >= 11 is 0. The lowest BCUT2D eigenvalue weighted by atomic mass is 10.1. The summed E-state index contributed by atoms with van der Waals surface area (Å²) in [7, 11) is 0. The lowest BCUT2D eigenvalue weighted by Crippen LogP contribution is -2.31. The predicted molar refractivity (Wildman–Crippen MR) is 92.6 cm³/mol. The number of nitrogens with one attached hydrogen (secondary N) is 1. The van der Waals surface area contributed by atoms with Gasteiger partial charge in [0.25, 0.3) is 5.91 Å². The Kier molecular flexibility index (Phi) is 5.25. The molecule has 128 valence electrons. The van der Waals surface area contributed by atoms with Crippen molar-refractivity contribution in [2.75, 3.05) is 19.6 Å². The second-order valence-corrected chi connectivity index (χ2v) is 6.42. The average Bonchev–Trinajstić information content (AvgIpc) is 3.22. The molecule has 0 aromatic carbocycles. The summed E-state index contributed by atoms with van der Waals surface area (Å²) < 4.78 is 2.18. The Balaban J connectivity index is 1.46. The molecule has 6 nitrogen and oxygen atoms in total. The fraction of sp³-hybridized carbons (Fsp3) is 0.500. The van der Waals surface area contributed by atoms with Crippen LogP contribution in [-0.4, -0.2) is 45.0 Å². The molecule has 0 spiro atoms. The molecule has 2 aromatic heterocycles. The molecule has 0 bridgehead atoms. The van der Waals surface area contributed by atoms with Crippen molar-refractivity contribution in [2.24, 2.45) is 5.92 Å². The quantitative estimate of drug-likeness (QED) is 0.880. The standard InChI is InChI=1S/C18H25N5O/c1-3-23-9-7-19-17(23)13-22-8-6-15(12-22)10-21-18(24)16-5-4-14(2)20-11-16/h4-5,7,9,11,15H,3,6,8,10,12-13H2,1-2H3,(H,21,24)/t15-/m1/s1. The van der Waals surface area contributed by atoms with E-state index in [0.717, 1.165) is 44.1 Å². The number of rotatable bonds is 6. The number of amides is 1. The predicted octanol–water partition coefficient (Wildman–Crippen LogP) is 1.86. The number of hydrogen-bond donors (Lipinski definition) is 1. The third-order valence-corrected chi connectivity index (χ3v) is 4.60. The van der Waals surface area contributed by atoms with E-state index in [1.54, 1.807) is 6.20 Å². The fourth-order valence-electron chi connectivity index (χ4n) is 3.14. The van der Waals surface area contributed by atoms with Crippen LogP contribution in [0.5, 0.6) is 0 Å². The minimum atomic E-state index is -0.0394. The van der Waals surface area contributed by atoms with E-state index in [4.69, 9.17) is 0 Å². The molecule has 3 heterocycles. The van der Waals surface area contributed by atoms with Crippen molar-refractivity contribution in [1.29, 1.82) is 0 Å². The summed E-state index contributed by atoms with van der Waals surface area (Å²) in [5, 5.41) is 3.04. The van der Waals surface area contributed by atoms with E-state index in [1.807, 2.05) is 31.5 Å². The van der Waals surface area contributed by atoms with Crippen LogP contribution in [0.1, 0.15) is 35.2 Å². The molecule has 1 aliphatic heterocycles. The first-order valence-corrected chi connectivity index (χ1v) is 8.59. The molecule has 2 aromatic rings. The highest BCUT2D eigenvalue weighted by Gasteiger charge is 2.24. The number of pyridine rings is 1. The molecule has 1 saturated heterocycles. The zero-order valence-electron chi connectivity index (χ0n) is 14.4. The molecule has 0 aliphatic carbocycles. The van der Waals surface area contributed by atoms with Crippen molar-refractivity contribution in [2.45, 2.75) is 33.4 Å². The lowest BCUT2D eigenvalue weighted by Gasteiger charge is -2.16. The van der Waals surface area contributed by atoms with E-state index < -0.39 is 0 Å². The monoisotopic (exact) mass is 327 g/mol. The molecule has 1 fully saturated rings. The number of carbonyl (C=O) groups is 1. The van der Waals surface area contributed by atoms with Gasteiger partial charge in [0.15, 0.2) is 0 Å². The molecular weight excluding hydrogens is 302 g/mol. The Morgan fingerprint density at radius 1 is 1.38 bits per heavy atom. The maximum absolute atomic E-state index is 12.2. The summed E-state index contributed by atoms with van der Waals surface area (Å²) in [4.78, 5) is 23.2. The highest BCUT2D eigenvalue weighted by molar-refractivity contribution is 5.93. The molecular formula is C18H25N5O.